The van der Waals surface area contributed by atoms with Crippen LogP contribution in [0.3, 0.4) is 0 Å². The summed E-state index contributed by atoms with van der Waals surface area (Å²) in [6, 6.07) is 1.56. The molecule has 0 radical (unpaired) electrons. The van der Waals surface area contributed by atoms with E-state index in [0.29, 0.717) is 6.54 Å². The van der Waals surface area contributed by atoms with E-state index in [-0.39, 0.29) is 11.0 Å². The van der Waals surface area contributed by atoms with Crippen molar-refractivity contribution in [1.29, 1.82) is 0 Å². The molecule has 0 saturated heterocycles. The molecule has 0 aliphatic heterocycles. The first kappa shape index (κ1) is 13.9. The number of hydrogen-bond acceptors (Lipinski definition) is 3. The summed E-state index contributed by atoms with van der Waals surface area (Å²) in [4.78, 5) is 18.8. The largest absolute Gasteiger partial charge is 0.311 e. The average Bonchev–Trinajstić information content (AvgIpc) is 2.14. The van der Waals surface area contributed by atoms with Crippen molar-refractivity contribution < 1.29 is 0 Å². The van der Waals surface area contributed by atoms with E-state index in [1.807, 2.05) is 0 Å². The second-order valence-corrected chi connectivity index (χ2v) is 5.60. The maximum atomic E-state index is 11.5. The van der Waals surface area contributed by atoms with Crippen LogP contribution < -0.4 is 10.9 Å². The van der Waals surface area contributed by atoms with Gasteiger partial charge in [0.05, 0.1) is 5.69 Å². The Kier molecular flexibility index (Phi) is 4.87. The molecular weight excluding hydrogens is 214 g/mol. The van der Waals surface area contributed by atoms with Gasteiger partial charge in [-0.15, -0.1) is 0 Å². The van der Waals surface area contributed by atoms with Gasteiger partial charge in [-0.25, -0.2) is 4.98 Å². The van der Waals surface area contributed by atoms with Gasteiger partial charge in [0.15, 0.2) is 0 Å². The Morgan fingerprint density at radius 3 is 2.71 bits per heavy atom. The molecule has 4 heteroatoms. The molecule has 0 amide bonds. The summed E-state index contributed by atoms with van der Waals surface area (Å²) in [6.45, 7) is 10.1. The van der Waals surface area contributed by atoms with Crippen LogP contribution in [0.2, 0.25) is 0 Å². The molecule has 1 aromatic heterocycles. The molecule has 0 fully saturated rings. The molecule has 1 heterocycles. The van der Waals surface area contributed by atoms with Gasteiger partial charge >= 0.3 is 0 Å². The van der Waals surface area contributed by atoms with Crippen molar-refractivity contribution >= 4 is 0 Å². The number of aromatic amines is 1. The lowest BCUT2D eigenvalue weighted by atomic mass is 9.92. The van der Waals surface area contributed by atoms with E-state index in [1.165, 1.54) is 0 Å². The normalized spacial score (nSPS) is 11.8. The van der Waals surface area contributed by atoms with Gasteiger partial charge in [-0.05, 0) is 18.4 Å². The molecule has 0 aliphatic rings. The van der Waals surface area contributed by atoms with Crippen molar-refractivity contribution in [2.45, 2.75) is 47.1 Å². The van der Waals surface area contributed by atoms with Crippen LogP contribution in [0.1, 0.15) is 45.6 Å². The van der Waals surface area contributed by atoms with Gasteiger partial charge in [-0.1, -0.05) is 27.7 Å². The van der Waals surface area contributed by atoms with E-state index < -0.39 is 0 Å². The zero-order valence-corrected chi connectivity index (χ0v) is 11.3. The summed E-state index contributed by atoms with van der Waals surface area (Å²) < 4.78 is 0. The highest BCUT2D eigenvalue weighted by Gasteiger charge is 2.13. The van der Waals surface area contributed by atoms with Crippen molar-refractivity contribution in [1.82, 2.24) is 15.3 Å². The second kappa shape index (κ2) is 5.96. The number of aromatic nitrogens is 2. The van der Waals surface area contributed by atoms with Gasteiger partial charge in [-0.3, -0.25) is 4.79 Å². The molecule has 0 unspecified atom stereocenters. The van der Waals surface area contributed by atoms with Gasteiger partial charge in [0.25, 0.3) is 5.56 Å². The highest BCUT2D eigenvalue weighted by atomic mass is 16.1. The predicted octanol–water partition coefficient (Wildman–Crippen LogP) is 1.86. The maximum absolute atomic E-state index is 11.5. The first-order chi connectivity index (χ1) is 7.90. The minimum atomic E-state index is -0.0625. The molecule has 1 aromatic rings. The third kappa shape index (κ3) is 5.63. The van der Waals surface area contributed by atoms with Crippen LogP contribution >= 0.6 is 0 Å². The van der Waals surface area contributed by atoms with Crippen LogP contribution in [-0.2, 0) is 13.0 Å². The van der Waals surface area contributed by atoms with E-state index >= 15 is 0 Å². The van der Waals surface area contributed by atoms with Crippen molar-refractivity contribution in [2.24, 2.45) is 5.41 Å². The molecule has 96 valence electrons. The molecule has 0 aliphatic carbocycles. The molecule has 0 aromatic carbocycles. The van der Waals surface area contributed by atoms with Gasteiger partial charge in [0.1, 0.15) is 5.82 Å². The molecule has 0 atom stereocenters. The standard InChI is InChI=1S/C13H23N3O/c1-5-6-14-9-10-7-12(17)16-11(15-10)8-13(2,3)4/h7,14H,5-6,8-9H2,1-4H3,(H,15,16,17). The van der Waals surface area contributed by atoms with E-state index in [0.717, 1.165) is 30.9 Å². The molecule has 0 spiro atoms. The lowest BCUT2D eigenvalue weighted by Gasteiger charge is -2.17. The fraction of sp³-hybridized carbons (Fsp3) is 0.692. The van der Waals surface area contributed by atoms with E-state index in [4.69, 9.17) is 0 Å². The first-order valence-electron chi connectivity index (χ1n) is 6.20. The van der Waals surface area contributed by atoms with E-state index in [2.05, 4.69) is 43.0 Å². The van der Waals surface area contributed by atoms with Crippen LogP contribution in [0, 0.1) is 5.41 Å². The summed E-state index contributed by atoms with van der Waals surface area (Å²) in [5, 5.41) is 3.25. The average molecular weight is 237 g/mol. The highest BCUT2D eigenvalue weighted by molar-refractivity contribution is 5.03. The first-order valence-corrected chi connectivity index (χ1v) is 6.20. The predicted molar refractivity (Wildman–Crippen MR) is 70.0 cm³/mol. The summed E-state index contributed by atoms with van der Waals surface area (Å²) in [5.74, 6) is 0.776. The SMILES string of the molecule is CCCNCc1cc(=O)[nH]c(CC(C)(C)C)n1. The van der Waals surface area contributed by atoms with Crippen LogP contribution in [-0.4, -0.2) is 16.5 Å². The van der Waals surface area contributed by atoms with Gasteiger partial charge in [-0.2, -0.15) is 0 Å². The molecule has 1 rings (SSSR count). The highest BCUT2D eigenvalue weighted by Crippen LogP contribution is 2.17. The molecule has 0 saturated carbocycles. The molecule has 0 bridgehead atoms. The van der Waals surface area contributed by atoms with Crippen LogP contribution in [0.5, 0.6) is 0 Å². The number of nitrogens with zero attached hydrogens (tertiary/aromatic N) is 1. The minimum absolute atomic E-state index is 0.0625. The van der Waals surface area contributed by atoms with Crippen LogP contribution in [0.4, 0.5) is 0 Å². The van der Waals surface area contributed by atoms with E-state index in [1.54, 1.807) is 6.07 Å². The zero-order valence-electron chi connectivity index (χ0n) is 11.3. The van der Waals surface area contributed by atoms with Crippen LogP contribution in [0.25, 0.3) is 0 Å². The Labute approximate surface area is 103 Å². The Hall–Kier alpha value is -1.16. The Morgan fingerprint density at radius 2 is 2.12 bits per heavy atom. The topological polar surface area (TPSA) is 57.8 Å². The third-order valence-electron chi connectivity index (χ3n) is 2.27. The summed E-state index contributed by atoms with van der Waals surface area (Å²) in [6.07, 6.45) is 1.86. The zero-order chi connectivity index (χ0) is 12.9. The second-order valence-electron chi connectivity index (χ2n) is 5.60. The summed E-state index contributed by atoms with van der Waals surface area (Å²) >= 11 is 0. The molecule has 17 heavy (non-hydrogen) atoms. The lowest BCUT2D eigenvalue weighted by molar-refractivity contribution is 0.399. The summed E-state index contributed by atoms with van der Waals surface area (Å²) in [5.41, 5.74) is 0.889. The van der Waals surface area contributed by atoms with Gasteiger partial charge < -0.3 is 10.3 Å². The maximum Gasteiger partial charge on any atom is 0.251 e. The Balaban J connectivity index is 2.76. The lowest BCUT2D eigenvalue weighted by Crippen LogP contribution is -2.21. The Morgan fingerprint density at radius 1 is 1.41 bits per heavy atom. The van der Waals surface area contributed by atoms with Gasteiger partial charge in [0, 0.05) is 19.0 Å². The molecular formula is C13H23N3O. The fourth-order valence-corrected chi connectivity index (χ4v) is 1.63. The number of hydrogen-bond donors (Lipinski definition) is 2. The van der Waals surface area contributed by atoms with E-state index in [9.17, 15) is 4.79 Å². The van der Waals surface area contributed by atoms with Crippen molar-refractivity contribution in [3.05, 3.63) is 27.9 Å². The summed E-state index contributed by atoms with van der Waals surface area (Å²) in [7, 11) is 0. The molecule has 4 nitrogen and oxygen atoms in total. The Bertz CT molecular complexity index is 404. The van der Waals surface area contributed by atoms with Crippen LogP contribution in [0.15, 0.2) is 10.9 Å². The number of nitrogens with one attached hydrogen (secondary N) is 2. The van der Waals surface area contributed by atoms with Crippen molar-refractivity contribution in [2.75, 3.05) is 6.54 Å². The monoisotopic (exact) mass is 237 g/mol. The van der Waals surface area contributed by atoms with Crippen molar-refractivity contribution in [3.63, 3.8) is 0 Å². The fourth-order valence-electron chi connectivity index (χ4n) is 1.63. The van der Waals surface area contributed by atoms with Gasteiger partial charge in [0.2, 0.25) is 0 Å². The van der Waals surface area contributed by atoms with Crippen molar-refractivity contribution in [3.8, 4) is 0 Å². The molecule has 2 N–H and O–H groups in total. The quantitative estimate of drug-likeness (QED) is 0.768. The third-order valence-corrected chi connectivity index (χ3v) is 2.27. The number of H-pyrrole nitrogens is 1. The minimum Gasteiger partial charge on any atom is -0.311 e. The number of rotatable bonds is 5. The smallest absolute Gasteiger partial charge is 0.251 e.